The third-order valence-corrected chi connectivity index (χ3v) is 3.74. The van der Waals surface area contributed by atoms with Crippen LogP contribution >= 0.6 is 0 Å². The van der Waals surface area contributed by atoms with E-state index in [1.54, 1.807) is 0 Å². The van der Waals surface area contributed by atoms with Crippen LogP contribution in [0.1, 0.15) is 25.2 Å². The molecule has 1 aromatic carbocycles. The maximum absolute atomic E-state index is 12.1. The monoisotopic (exact) mass is 381 g/mol. The number of nitrogens with zero attached hydrogens (tertiary/aromatic N) is 5. The number of aromatic nitrogens is 2. The smallest absolute Gasteiger partial charge is 0.306 e. The van der Waals surface area contributed by atoms with E-state index in [1.165, 1.54) is 4.90 Å². The highest BCUT2D eigenvalue weighted by Gasteiger charge is 2.16. The molecule has 2 aromatic rings. The van der Waals surface area contributed by atoms with Gasteiger partial charge in [0.1, 0.15) is 0 Å². The number of esters is 1. The molecule has 0 bridgehead atoms. The number of carbonyl (C=O) groups excluding carboxylic acids is 2. The summed E-state index contributed by atoms with van der Waals surface area (Å²) in [5, 5.41) is 21.1. The minimum absolute atomic E-state index is 0.0138. The number of ether oxygens (including phenoxy) is 1. The highest BCUT2D eigenvalue weighted by molar-refractivity contribution is 5.80. The molecular weight excluding hydrogens is 362 g/mol. The molecule has 0 aliphatic heterocycles. The molecule has 0 N–H and O–H groups in total. The van der Waals surface area contributed by atoms with Gasteiger partial charge in [-0.2, -0.15) is 15.5 Å². The van der Waals surface area contributed by atoms with E-state index < -0.39 is 18.5 Å². The summed E-state index contributed by atoms with van der Waals surface area (Å²) in [5.41, 5.74) is 0.806. The SMILES string of the molecule is N#CCCN(CCC#N)C(=O)COC(=O)CCc1nc(-c2ccccc2)no1. The van der Waals surface area contributed by atoms with Gasteiger partial charge in [-0.1, -0.05) is 35.5 Å². The molecule has 0 atom stereocenters. The molecule has 0 unspecified atom stereocenters. The molecule has 0 saturated carbocycles. The Morgan fingerprint density at radius 1 is 1.11 bits per heavy atom. The molecule has 0 radical (unpaired) electrons. The first kappa shape index (κ1) is 20.6. The van der Waals surface area contributed by atoms with Crippen molar-refractivity contribution in [2.75, 3.05) is 19.7 Å². The molecule has 9 nitrogen and oxygen atoms in total. The van der Waals surface area contributed by atoms with Gasteiger partial charge >= 0.3 is 5.97 Å². The van der Waals surface area contributed by atoms with Gasteiger partial charge in [-0.3, -0.25) is 9.59 Å². The molecule has 0 aliphatic rings. The molecule has 0 spiro atoms. The molecular formula is C19H19N5O4. The molecule has 1 aromatic heterocycles. The van der Waals surface area contributed by atoms with Crippen molar-refractivity contribution in [3.8, 4) is 23.5 Å². The lowest BCUT2D eigenvalue weighted by Crippen LogP contribution is -2.36. The Morgan fingerprint density at radius 2 is 1.79 bits per heavy atom. The normalized spacial score (nSPS) is 9.93. The average molecular weight is 381 g/mol. The lowest BCUT2D eigenvalue weighted by atomic mass is 10.2. The molecule has 1 amide bonds. The van der Waals surface area contributed by atoms with Crippen molar-refractivity contribution in [2.45, 2.75) is 25.7 Å². The summed E-state index contributed by atoms with van der Waals surface area (Å²) in [6.45, 7) is -0.0492. The fourth-order valence-electron chi connectivity index (χ4n) is 2.31. The lowest BCUT2D eigenvalue weighted by Gasteiger charge is -2.20. The van der Waals surface area contributed by atoms with Crippen LogP contribution in [0.4, 0.5) is 0 Å². The van der Waals surface area contributed by atoms with E-state index in [2.05, 4.69) is 10.1 Å². The van der Waals surface area contributed by atoms with Crippen molar-refractivity contribution in [1.29, 1.82) is 10.5 Å². The van der Waals surface area contributed by atoms with Gasteiger partial charge in [-0.25, -0.2) is 0 Å². The van der Waals surface area contributed by atoms with E-state index in [-0.39, 0.29) is 38.8 Å². The molecule has 1 heterocycles. The van der Waals surface area contributed by atoms with Crippen LogP contribution in [-0.2, 0) is 20.7 Å². The predicted octanol–water partition coefficient (Wildman–Crippen LogP) is 1.87. The third kappa shape index (κ3) is 6.54. The number of hydrogen-bond donors (Lipinski definition) is 0. The lowest BCUT2D eigenvalue weighted by molar-refractivity contribution is -0.152. The maximum Gasteiger partial charge on any atom is 0.306 e. The third-order valence-electron chi connectivity index (χ3n) is 3.74. The molecule has 28 heavy (non-hydrogen) atoms. The molecule has 0 saturated heterocycles. The van der Waals surface area contributed by atoms with E-state index in [9.17, 15) is 9.59 Å². The van der Waals surface area contributed by atoms with Crippen molar-refractivity contribution in [3.63, 3.8) is 0 Å². The van der Waals surface area contributed by atoms with Crippen LogP contribution in [0.2, 0.25) is 0 Å². The number of hydrogen-bond acceptors (Lipinski definition) is 8. The predicted molar refractivity (Wildman–Crippen MR) is 96.1 cm³/mol. The van der Waals surface area contributed by atoms with Crippen LogP contribution in [0.5, 0.6) is 0 Å². The Morgan fingerprint density at radius 3 is 2.43 bits per heavy atom. The summed E-state index contributed by atoms with van der Waals surface area (Å²) in [7, 11) is 0. The number of benzene rings is 1. The second-order valence-corrected chi connectivity index (χ2v) is 5.74. The molecule has 0 aliphatic carbocycles. The molecule has 9 heteroatoms. The summed E-state index contributed by atoms with van der Waals surface area (Å²) in [6, 6.07) is 13.2. The van der Waals surface area contributed by atoms with Gasteiger partial charge in [0.25, 0.3) is 5.91 Å². The minimum Gasteiger partial charge on any atom is -0.456 e. The molecule has 144 valence electrons. The van der Waals surface area contributed by atoms with Gasteiger partial charge in [0.2, 0.25) is 11.7 Å². The van der Waals surface area contributed by atoms with Crippen LogP contribution in [-0.4, -0.2) is 46.6 Å². The Bertz CT molecular complexity index is 848. The Hall–Kier alpha value is -3.72. The summed E-state index contributed by atoms with van der Waals surface area (Å²) < 4.78 is 10.1. The number of nitriles is 2. The van der Waals surface area contributed by atoms with Gasteiger partial charge < -0.3 is 14.2 Å². The van der Waals surface area contributed by atoms with E-state index >= 15 is 0 Å². The summed E-state index contributed by atoms with van der Waals surface area (Å²) >= 11 is 0. The van der Waals surface area contributed by atoms with E-state index in [0.717, 1.165) is 5.56 Å². The zero-order valence-corrected chi connectivity index (χ0v) is 15.2. The summed E-state index contributed by atoms with van der Waals surface area (Å²) in [4.78, 5) is 29.5. The van der Waals surface area contributed by atoms with Crippen molar-refractivity contribution < 1.29 is 18.8 Å². The quantitative estimate of drug-likeness (QED) is 0.569. The van der Waals surface area contributed by atoms with Crippen molar-refractivity contribution in [3.05, 3.63) is 36.2 Å². The van der Waals surface area contributed by atoms with Crippen LogP contribution in [0.15, 0.2) is 34.9 Å². The summed E-state index contributed by atoms with van der Waals surface area (Å²) in [6.07, 6.45) is 0.470. The number of carbonyl (C=O) groups is 2. The second kappa shape index (κ2) is 11.1. The van der Waals surface area contributed by atoms with Crippen molar-refractivity contribution in [2.24, 2.45) is 0 Å². The highest BCUT2D eigenvalue weighted by Crippen LogP contribution is 2.15. The van der Waals surface area contributed by atoms with Crippen LogP contribution in [0, 0.1) is 22.7 Å². The van der Waals surface area contributed by atoms with Gasteiger partial charge in [-0.15, -0.1) is 0 Å². The van der Waals surface area contributed by atoms with Crippen LogP contribution < -0.4 is 0 Å². The Labute approximate surface area is 162 Å². The maximum atomic E-state index is 12.1. The number of aryl methyl sites for hydroxylation is 1. The van der Waals surface area contributed by atoms with Gasteiger partial charge in [-0.05, 0) is 0 Å². The van der Waals surface area contributed by atoms with E-state index in [4.69, 9.17) is 19.8 Å². The standard InChI is InChI=1S/C19H19N5O4/c20-10-4-12-24(13-5-11-21)17(25)14-27-18(26)9-8-16-22-19(23-28-16)15-6-2-1-3-7-15/h1-3,6-7H,4-5,8-9,12-14H2. The Kier molecular flexibility index (Phi) is 8.16. The average Bonchev–Trinajstić information content (AvgIpc) is 3.20. The van der Waals surface area contributed by atoms with Gasteiger partial charge in [0.15, 0.2) is 6.61 Å². The first-order valence-electron chi connectivity index (χ1n) is 8.69. The van der Waals surface area contributed by atoms with Crippen molar-refractivity contribution in [1.82, 2.24) is 15.0 Å². The first-order valence-corrected chi connectivity index (χ1v) is 8.69. The number of amides is 1. The fourth-order valence-corrected chi connectivity index (χ4v) is 2.31. The van der Waals surface area contributed by atoms with Crippen molar-refractivity contribution >= 4 is 11.9 Å². The topological polar surface area (TPSA) is 133 Å². The second-order valence-electron chi connectivity index (χ2n) is 5.74. The zero-order chi connectivity index (χ0) is 20.2. The minimum atomic E-state index is -0.576. The molecule has 0 fully saturated rings. The fraction of sp³-hybridized carbons (Fsp3) is 0.368. The van der Waals surface area contributed by atoms with Crippen LogP contribution in [0.25, 0.3) is 11.4 Å². The van der Waals surface area contributed by atoms with Crippen LogP contribution in [0.3, 0.4) is 0 Å². The van der Waals surface area contributed by atoms with E-state index in [0.29, 0.717) is 11.7 Å². The first-order chi connectivity index (χ1) is 13.6. The zero-order valence-electron chi connectivity index (χ0n) is 15.2. The Balaban J connectivity index is 1.77. The number of rotatable bonds is 10. The van der Waals surface area contributed by atoms with Gasteiger partial charge in [0, 0.05) is 25.1 Å². The van der Waals surface area contributed by atoms with Gasteiger partial charge in [0.05, 0.1) is 31.4 Å². The molecule has 2 rings (SSSR count). The largest absolute Gasteiger partial charge is 0.456 e. The highest BCUT2D eigenvalue weighted by atomic mass is 16.5. The summed E-state index contributed by atoms with van der Waals surface area (Å²) in [5.74, 6) is -0.284. The van der Waals surface area contributed by atoms with E-state index in [1.807, 2.05) is 42.5 Å².